The van der Waals surface area contributed by atoms with E-state index in [0.717, 1.165) is 11.4 Å². The molecule has 6 heteroatoms. The average Bonchev–Trinajstić information content (AvgIpc) is 2.83. The zero-order valence-corrected chi connectivity index (χ0v) is 11.2. The maximum Gasteiger partial charge on any atom is 0.223 e. The van der Waals surface area contributed by atoms with E-state index >= 15 is 0 Å². The van der Waals surface area contributed by atoms with E-state index in [4.69, 9.17) is 10.5 Å². The van der Waals surface area contributed by atoms with Crippen molar-refractivity contribution in [3.8, 4) is 5.75 Å². The SMILES string of the molecule is Nc1nc(CNC(=O)CCOc2ccccc2)cs1. The first-order valence-corrected chi connectivity index (χ1v) is 6.76. The first-order valence-electron chi connectivity index (χ1n) is 5.88. The van der Waals surface area contributed by atoms with Crippen molar-refractivity contribution in [2.24, 2.45) is 0 Å². The first-order chi connectivity index (χ1) is 9.24. The maximum atomic E-state index is 11.6. The lowest BCUT2D eigenvalue weighted by Gasteiger charge is -2.06. The van der Waals surface area contributed by atoms with Crippen molar-refractivity contribution < 1.29 is 9.53 Å². The van der Waals surface area contributed by atoms with Crippen LogP contribution >= 0.6 is 11.3 Å². The minimum Gasteiger partial charge on any atom is -0.493 e. The Balaban J connectivity index is 1.65. The van der Waals surface area contributed by atoms with Crippen LogP contribution in [0.5, 0.6) is 5.75 Å². The summed E-state index contributed by atoms with van der Waals surface area (Å²) in [4.78, 5) is 15.6. The van der Waals surface area contributed by atoms with Gasteiger partial charge in [0.15, 0.2) is 5.13 Å². The third-order valence-corrected chi connectivity index (χ3v) is 3.10. The second kappa shape index (κ2) is 6.75. The van der Waals surface area contributed by atoms with Gasteiger partial charge in [-0.25, -0.2) is 4.98 Å². The molecule has 19 heavy (non-hydrogen) atoms. The van der Waals surface area contributed by atoms with E-state index < -0.39 is 0 Å². The number of nitrogen functional groups attached to an aromatic ring is 1. The Kier molecular flexibility index (Phi) is 4.74. The summed E-state index contributed by atoms with van der Waals surface area (Å²) in [5.41, 5.74) is 6.28. The monoisotopic (exact) mass is 277 g/mol. The molecule has 5 nitrogen and oxygen atoms in total. The van der Waals surface area contributed by atoms with Gasteiger partial charge in [0.05, 0.1) is 25.3 Å². The van der Waals surface area contributed by atoms with Crippen LogP contribution in [0, 0.1) is 0 Å². The second-order valence-corrected chi connectivity index (χ2v) is 4.76. The average molecular weight is 277 g/mol. The number of nitrogens with zero attached hydrogens (tertiary/aromatic N) is 1. The molecule has 100 valence electrons. The fourth-order valence-electron chi connectivity index (χ4n) is 1.46. The summed E-state index contributed by atoms with van der Waals surface area (Å²) in [6.45, 7) is 0.757. The molecule has 0 saturated heterocycles. The summed E-state index contributed by atoms with van der Waals surface area (Å²) in [6.07, 6.45) is 0.314. The lowest BCUT2D eigenvalue weighted by molar-refractivity contribution is -0.121. The van der Waals surface area contributed by atoms with Gasteiger partial charge in [-0.05, 0) is 12.1 Å². The predicted octanol–water partition coefficient (Wildman–Crippen LogP) is 1.81. The standard InChI is InChI=1S/C13H15N3O2S/c14-13-16-10(9-19-13)8-15-12(17)6-7-18-11-4-2-1-3-5-11/h1-5,9H,6-8H2,(H2,14,16)(H,15,17). The molecule has 2 aromatic rings. The number of para-hydroxylation sites is 1. The minimum absolute atomic E-state index is 0.0671. The molecular weight excluding hydrogens is 262 g/mol. The number of nitrogens with two attached hydrogens (primary N) is 1. The van der Waals surface area contributed by atoms with E-state index in [-0.39, 0.29) is 5.91 Å². The molecule has 1 amide bonds. The number of anilines is 1. The number of benzene rings is 1. The van der Waals surface area contributed by atoms with Crippen LogP contribution in [0.1, 0.15) is 12.1 Å². The van der Waals surface area contributed by atoms with Gasteiger partial charge in [-0.15, -0.1) is 11.3 Å². The summed E-state index contributed by atoms with van der Waals surface area (Å²) in [5, 5.41) is 5.11. The summed E-state index contributed by atoms with van der Waals surface area (Å²) in [6, 6.07) is 9.41. The van der Waals surface area contributed by atoms with E-state index in [9.17, 15) is 4.79 Å². The van der Waals surface area contributed by atoms with E-state index in [1.165, 1.54) is 11.3 Å². The largest absolute Gasteiger partial charge is 0.493 e. The Morgan fingerprint density at radius 3 is 2.84 bits per heavy atom. The van der Waals surface area contributed by atoms with Crippen molar-refractivity contribution in [1.82, 2.24) is 10.3 Å². The van der Waals surface area contributed by atoms with Gasteiger partial charge in [-0.3, -0.25) is 4.79 Å². The van der Waals surface area contributed by atoms with Crippen LogP contribution < -0.4 is 15.8 Å². The van der Waals surface area contributed by atoms with Crippen LogP contribution in [0.4, 0.5) is 5.13 Å². The van der Waals surface area contributed by atoms with E-state index in [1.54, 1.807) is 0 Å². The number of ether oxygens (including phenoxy) is 1. The zero-order chi connectivity index (χ0) is 13.5. The molecule has 0 atom stereocenters. The molecule has 2 rings (SSSR count). The van der Waals surface area contributed by atoms with Gasteiger partial charge in [-0.1, -0.05) is 18.2 Å². The van der Waals surface area contributed by atoms with Crippen molar-refractivity contribution in [2.45, 2.75) is 13.0 Å². The molecule has 0 aliphatic heterocycles. The predicted molar refractivity (Wildman–Crippen MR) is 74.9 cm³/mol. The Hall–Kier alpha value is -2.08. The molecule has 1 heterocycles. The van der Waals surface area contributed by atoms with Gasteiger partial charge in [0, 0.05) is 5.38 Å². The van der Waals surface area contributed by atoms with Crippen LogP contribution in [0.25, 0.3) is 0 Å². The molecule has 0 unspecified atom stereocenters. The van der Waals surface area contributed by atoms with Crippen LogP contribution in [-0.2, 0) is 11.3 Å². The lowest BCUT2D eigenvalue weighted by Crippen LogP contribution is -2.24. The molecule has 1 aromatic heterocycles. The number of carbonyl (C=O) groups is 1. The number of hydrogen-bond donors (Lipinski definition) is 2. The number of nitrogens with one attached hydrogen (secondary N) is 1. The number of amides is 1. The van der Waals surface area contributed by atoms with Crippen molar-refractivity contribution in [3.63, 3.8) is 0 Å². The second-order valence-electron chi connectivity index (χ2n) is 3.87. The highest BCUT2D eigenvalue weighted by Gasteiger charge is 2.04. The van der Waals surface area contributed by atoms with Crippen LogP contribution in [0.2, 0.25) is 0 Å². The van der Waals surface area contributed by atoms with Crippen molar-refractivity contribution in [3.05, 3.63) is 41.4 Å². The number of aromatic nitrogens is 1. The smallest absolute Gasteiger partial charge is 0.223 e. The van der Waals surface area contributed by atoms with Gasteiger partial charge in [-0.2, -0.15) is 0 Å². The fraction of sp³-hybridized carbons (Fsp3) is 0.231. The highest BCUT2D eigenvalue weighted by molar-refractivity contribution is 7.13. The highest BCUT2D eigenvalue weighted by atomic mass is 32.1. The molecule has 0 aliphatic carbocycles. The van der Waals surface area contributed by atoms with E-state index in [2.05, 4.69) is 10.3 Å². The summed E-state index contributed by atoms with van der Waals surface area (Å²) in [7, 11) is 0. The van der Waals surface area contributed by atoms with Crippen LogP contribution in [0.15, 0.2) is 35.7 Å². The molecule has 0 radical (unpaired) electrons. The molecule has 0 saturated carbocycles. The van der Waals surface area contributed by atoms with Gasteiger partial charge in [0.25, 0.3) is 0 Å². The van der Waals surface area contributed by atoms with Gasteiger partial charge in [0.1, 0.15) is 5.75 Å². The van der Waals surface area contributed by atoms with E-state index in [0.29, 0.717) is 24.7 Å². The minimum atomic E-state index is -0.0671. The third-order valence-electron chi connectivity index (χ3n) is 2.38. The van der Waals surface area contributed by atoms with Gasteiger partial charge >= 0.3 is 0 Å². The molecule has 0 fully saturated rings. The highest BCUT2D eigenvalue weighted by Crippen LogP contribution is 2.10. The zero-order valence-electron chi connectivity index (χ0n) is 10.3. The van der Waals surface area contributed by atoms with Crippen molar-refractivity contribution in [1.29, 1.82) is 0 Å². The Morgan fingerprint density at radius 2 is 2.16 bits per heavy atom. The Bertz CT molecular complexity index is 528. The van der Waals surface area contributed by atoms with Crippen molar-refractivity contribution >= 4 is 22.4 Å². The number of rotatable bonds is 6. The number of carbonyl (C=O) groups excluding carboxylic acids is 1. The van der Waals surface area contributed by atoms with Gasteiger partial charge in [0.2, 0.25) is 5.91 Å². The first kappa shape index (κ1) is 13.4. The molecule has 3 N–H and O–H groups in total. The maximum absolute atomic E-state index is 11.6. The number of thiazole rings is 1. The van der Waals surface area contributed by atoms with Crippen molar-refractivity contribution in [2.75, 3.05) is 12.3 Å². The summed E-state index contributed by atoms with van der Waals surface area (Å²) < 4.78 is 5.44. The number of hydrogen-bond acceptors (Lipinski definition) is 5. The quantitative estimate of drug-likeness (QED) is 0.844. The Morgan fingerprint density at radius 1 is 1.37 bits per heavy atom. The Labute approximate surface area is 115 Å². The van der Waals surface area contributed by atoms with E-state index in [1.807, 2.05) is 35.7 Å². The molecule has 0 bridgehead atoms. The lowest BCUT2D eigenvalue weighted by atomic mass is 10.3. The fourth-order valence-corrected chi connectivity index (χ4v) is 2.02. The van der Waals surface area contributed by atoms with Gasteiger partial charge < -0.3 is 15.8 Å². The normalized spacial score (nSPS) is 10.1. The summed E-state index contributed by atoms with van der Waals surface area (Å²) in [5.74, 6) is 0.699. The topological polar surface area (TPSA) is 77.2 Å². The molecular formula is C13H15N3O2S. The summed E-state index contributed by atoms with van der Waals surface area (Å²) >= 11 is 1.36. The van der Waals surface area contributed by atoms with Crippen LogP contribution in [0.3, 0.4) is 0 Å². The molecule has 1 aromatic carbocycles. The molecule has 0 aliphatic rings. The molecule has 0 spiro atoms. The third kappa shape index (κ3) is 4.59. The van der Waals surface area contributed by atoms with Crippen LogP contribution in [-0.4, -0.2) is 17.5 Å².